The molecule has 2 heteroatoms. The van der Waals surface area contributed by atoms with Crippen LogP contribution in [-0.2, 0) is 9.53 Å². The fourth-order valence-corrected chi connectivity index (χ4v) is 1.76. The SMILES string of the molecule is [CH2]CCCCCCC(=O)OCCCCCCC. The first-order valence-corrected chi connectivity index (χ1v) is 7.26. The Morgan fingerprint density at radius 3 is 2.29 bits per heavy atom. The molecule has 0 atom stereocenters. The summed E-state index contributed by atoms with van der Waals surface area (Å²) in [6.07, 6.45) is 12.1. The number of hydrogen-bond acceptors (Lipinski definition) is 2. The average Bonchev–Trinajstić information content (AvgIpc) is 2.33. The van der Waals surface area contributed by atoms with Gasteiger partial charge in [0.2, 0.25) is 0 Å². The molecule has 0 unspecified atom stereocenters. The highest BCUT2D eigenvalue weighted by Crippen LogP contribution is 2.06. The molecule has 0 saturated carbocycles. The van der Waals surface area contributed by atoms with Gasteiger partial charge >= 0.3 is 5.97 Å². The van der Waals surface area contributed by atoms with Crippen LogP contribution in [0.3, 0.4) is 0 Å². The molecule has 0 aliphatic heterocycles. The van der Waals surface area contributed by atoms with Gasteiger partial charge in [0.15, 0.2) is 0 Å². The highest BCUT2D eigenvalue weighted by atomic mass is 16.5. The fraction of sp³-hybridized carbons (Fsp3) is 0.867. The van der Waals surface area contributed by atoms with E-state index < -0.39 is 0 Å². The Bertz CT molecular complexity index is 166. The average molecular weight is 241 g/mol. The second kappa shape index (κ2) is 13.5. The van der Waals surface area contributed by atoms with Gasteiger partial charge in [0.25, 0.3) is 0 Å². The summed E-state index contributed by atoms with van der Waals surface area (Å²) < 4.78 is 5.18. The van der Waals surface area contributed by atoms with Gasteiger partial charge in [0.1, 0.15) is 0 Å². The molecule has 0 fully saturated rings. The Morgan fingerprint density at radius 2 is 1.59 bits per heavy atom. The lowest BCUT2D eigenvalue weighted by molar-refractivity contribution is -0.143. The van der Waals surface area contributed by atoms with Crippen molar-refractivity contribution in [3.05, 3.63) is 6.92 Å². The predicted molar refractivity (Wildman–Crippen MR) is 72.8 cm³/mol. The Kier molecular flexibility index (Phi) is 13.1. The Hall–Kier alpha value is -0.530. The third kappa shape index (κ3) is 13.4. The van der Waals surface area contributed by atoms with Crippen molar-refractivity contribution in [2.45, 2.75) is 77.6 Å². The molecule has 0 aliphatic rings. The molecule has 0 rings (SSSR count). The third-order valence-electron chi connectivity index (χ3n) is 2.89. The van der Waals surface area contributed by atoms with E-state index in [0.717, 1.165) is 25.7 Å². The van der Waals surface area contributed by atoms with E-state index in [1.807, 2.05) is 0 Å². The van der Waals surface area contributed by atoms with Crippen molar-refractivity contribution in [2.75, 3.05) is 6.61 Å². The first-order chi connectivity index (χ1) is 8.31. The molecule has 0 heterocycles. The van der Waals surface area contributed by atoms with Crippen LogP contribution in [0, 0.1) is 6.92 Å². The molecule has 101 valence electrons. The number of unbranched alkanes of at least 4 members (excludes halogenated alkanes) is 8. The molecule has 0 amide bonds. The van der Waals surface area contributed by atoms with Crippen molar-refractivity contribution in [1.82, 2.24) is 0 Å². The topological polar surface area (TPSA) is 26.3 Å². The minimum atomic E-state index is -0.0184. The molecule has 0 spiro atoms. The number of ether oxygens (including phenoxy) is 1. The van der Waals surface area contributed by atoms with E-state index in [9.17, 15) is 4.79 Å². The number of rotatable bonds is 12. The van der Waals surface area contributed by atoms with Gasteiger partial charge in [-0.25, -0.2) is 0 Å². The maximum atomic E-state index is 11.3. The molecule has 17 heavy (non-hydrogen) atoms. The van der Waals surface area contributed by atoms with Crippen molar-refractivity contribution in [1.29, 1.82) is 0 Å². The molecule has 0 aromatic heterocycles. The summed E-state index contributed by atoms with van der Waals surface area (Å²) in [5.74, 6) is -0.0184. The molecular weight excluding hydrogens is 212 g/mol. The number of carbonyl (C=O) groups excluding carboxylic acids is 1. The van der Waals surface area contributed by atoms with Gasteiger partial charge in [-0.2, -0.15) is 0 Å². The zero-order valence-corrected chi connectivity index (χ0v) is 11.5. The van der Waals surface area contributed by atoms with Crippen molar-refractivity contribution < 1.29 is 9.53 Å². The fourth-order valence-electron chi connectivity index (χ4n) is 1.76. The van der Waals surface area contributed by atoms with Crippen LogP contribution in [0.25, 0.3) is 0 Å². The summed E-state index contributed by atoms with van der Waals surface area (Å²) in [4.78, 5) is 11.3. The molecule has 0 N–H and O–H groups in total. The maximum Gasteiger partial charge on any atom is 0.305 e. The van der Waals surface area contributed by atoms with Crippen LogP contribution < -0.4 is 0 Å². The Morgan fingerprint density at radius 1 is 0.941 bits per heavy atom. The molecule has 1 radical (unpaired) electrons. The summed E-state index contributed by atoms with van der Waals surface area (Å²) in [6, 6.07) is 0. The zero-order chi connectivity index (χ0) is 12.8. The lowest BCUT2D eigenvalue weighted by Crippen LogP contribution is -2.05. The maximum absolute atomic E-state index is 11.3. The summed E-state index contributed by atoms with van der Waals surface area (Å²) in [5, 5.41) is 0. The normalized spacial score (nSPS) is 10.5. The summed E-state index contributed by atoms with van der Waals surface area (Å²) in [5.41, 5.74) is 0. The van der Waals surface area contributed by atoms with Crippen LogP contribution in [0.2, 0.25) is 0 Å². The number of carbonyl (C=O) groups is 1. The lowest BCUT2D eigenvalue weighted by atomic mass is 10.1. The van der Waals surface area contributed by atoms with Crippen molar-refractivity contribution in [2.24, 2.45) is 0 Å². The number of esters is 1. The second-order valence-electron chi connectivity index (χ2n) is 4.65. The van der Waals surface area contributed by atoms with Crippen LogP contribution >= 0.6 is 0 Å². The first-order valence-electron chi connectivity index (χ1n) is 7.26. The Balaban J connectivity index is 3.12. The predicted octanol–water partition coefficient (Wildman–Crippen LogP) is 4.67. The molecule has 0 aromatic carbocycles. The Labute approximate surface area is 107 Å². The minimum Gasteiger partial charge on any atom is -0.466 e. The number of hydrogen-bond donors (Lipinski definition) is 0. The van der Waals surface area contributed by atoms with E-state index in [0.29, 0.717) is 13.0 Å². The second-order valence-corrected chi connectivity index (χ2v) is 4.65. The molecule has 0 aromatic rings. The van der Waals surface area contributed by atoms with Gasteiger partial charge in [-0.15, -0.1) is 0 Å². The molecular formula is C15H29O2. The summed E-state index contributed by atoms with van der Waals surface area (Å²) in [6.45, 7) is 6.61. The van der Waals surface area contributed by atoms with E-state index in [2.05, 4.69) is 13.8 Å². The van der Waals surface area contributed by atoms with E-state index in [-0.39, 0.29) is 5.97 Å². The minimum absolute atomic E-state index is 0.0184. The van der Waals surface area contributed by atoms with Crippen molar-refractivity contribution >= 4 is 5.97 Å². The van der Waals surface area contributed by atoms with Crippen LogP contribution in [0.4, 0.5) is 0 Å². The van der Waals surface area contributed by atoms with E-state index in [4.69, 9.17) is 4.74 Å². The zero-order valence-electron chi connectivity index (χ0n) is 11.5. The largest absolute Gasteiger partial charge is 0.466 e. The van der Waals surface area contributed by atoms with Gasteiger partial charge in [-0.1, -0.05) is 65.2 Å². The van der Waals surface area contributed by atoms with Crippen LogP contribution in [0.1, 0.15) is 77.6 Å². The van der Waals surface area contributed by atoms with Gasteiger partial charge in [0, 0.05) is 6.42 Å². The van der Waals surface area contributed by atoms with Crippen molar-refractivity contribution in [3.8, 4) is 0 Å². The van der Waals surface area contributed by atoms with Gasteiger partial charge < -0.3 is 4.74 Å². The van der Waals surface area contributed by atoms with Gasteiger partial charge in [-0.3, -0.25) is 4.79 Å². The summed E-state index contributed by atoms with van der Waals surface area (Å²) >= 11 is 0. The highest BCUT2D eigenvalue weighted by Gasteiger charge is 2.01. The quantitative estimate of drug-likeness (QED) is 0.366. The van der Waals surface area contributed by atoms with Gasteiger partial charge in [0.05, 0.1) is 6.61 Å². The monoisotopic (exact) mass is 241 g/mol. The smallest absolute Gasteiger partial charge is 0.305 e. The molecule has 0 aliphatic carbocycles. The lowest BCUT2D eigenvalue weighted by Gasteiger charge is -2.04. The van der Waals surface area contributed by atoms with E-state index >= 15 is 0 Å². The van der Waals surface area contributed by atoms with Crippen molar-refractivity contribution in [3.63, 3.8) is 0 Å². The standard InChI is InChI=1S/C15H29O2/c1-3-5-7-9-11-13-15(16)17-14-12-10-8-6-4-2/h1,3-14H2,2H3. The first kappa shape index (κ1) is 16.5. The van der Waals surface area contributed by atoms with E-state index in [1.54, 1.807) is 0 Å². The van der Waals surface area contributed by atoms with Gasteiger partial charge in [-0.05, 0) is 12.8 Å². The van der Waals surface area contributed by atoms with Crippen LogP contribution in [0.5, 0.6) is 0 Å². The third-order valence-corrected chi connectivity index (χ3v) is 2.89. The molecule has 0 saturated heterocycles. The van der Waals surface area contributed by atoms with E-state index in [1.165, 1.54) is 38.5 Å². The van der Waals surface area contributed by atoms with Crippen LogP contribution in [-0.4, -0.2) is 12.6 Å². The van der Waals surface area contributed by atoms with Crippen LogP contribution in [0.15, 0.2) is 0 Å². The molecule has 0 bridgehead atoms. The highest BCUT2D eigenvalue weighted by molar-refractivity contribution is 5.69. The summed E-state index contributed by atoms with van der Waals surface area (Å²) in [7, 11) is 0. The molecule has 2 nitrogen and oxygen atoms in total.